The van der Waals surface area contributed by atoms with Crippen molar-refractivity contribution in [2.24, 2.45) is 10.7 Å². The minimum Gasteiger partial charge on any atom is -0.386 e. The number of hydrogen-bond donors (Lipinski definition) is 2. The van der Waals surface area contributed by atoms with Gasteiger partial charge in [0.05, 0.1) is 11.6 Å². The van der Waals surface area contributed by atoms with Gasteiger partial charge >= 0.3 is 0 Å². The zero-order valence-corrected chi connectivity index (χ0v) is 10.5. The van der Waals surface area contributed by atoms with Gasteiger partial charge in [0.25, 0.3) is 0 Å². The largest absolute Gasteiger partial charge is 0.386 e. The van der Waals surface area contributed by atoms with E-state index >= 15 is 0 Å². The lowest BCUT2D eigenvalue weighted by atomic mass is 10.2. The van der Waals surface area contributed by atoms with Crippen molar-refractivity contribution in [3.8, 4) is 0 Å². The Morgan fingerprint density at radius 2 is 1.94 bits per heavy atom. The molecule has 0 unspecified atom stereocenters. The summed E-state index contributed by atoms with van der Waals surface area (Å²) in [5.74, 6) is 0.709. The Morgan fingerprint density at radius 1 is 1.29 bits per heavy atom. The molecule has 0 saturated carbocycles. The second kappa shape index (κ2) is 5.89. The van der Waals surface area contributed by atoms with Crippen molar-refractivity contribution in [1.29, 1.82) is 0 Å². The molecular weight excluding hydrogens is 236 g/mol. The van der Waals surface area contributed by atoms with Crippen LogP contribution in [0, 0.1) is 0 Å². The van der Waals surface area contributed by atoms with Gasteiger partial charge in [0.15, 0.2) is 0 Å². The molecular formula is C12H17ClN4. The fraction of sp³-hybridized carbons (Fsp3) is 0.417. The van der Waals surface area contributed by atoms with Gasteiger partial charge in [-0.15, -0.1) is 11.6 Å². The number of amidine groups is 1. The molecule has 0 amide bonds. The van der Waals surface area contributed by atoms with Crippen LogP contribution in [0.2, 0.25) is 0 Å². The van der Waals surface area contributed by atoms with E-state index in [9.17, 15) is 0 Å². The summed E-state index contributed by atoms with van der Waals surface area (Å²) in [7, 11) is 0. The predicted molar refractivity (Wildman–Crippen MR) is 73.5 cm³/mol. The molecule has 1 aliphatic heterocycles. The van der Waals surface area contributed by atoms with Gasteiger partial charge in [-0.1, -0.05) is 0 Å². The minimum atomic E-state index is 0.263. The first kappa shape index (κ1) is 12.2. The third-order valence-electron chi connectivity index (χ3n) is 2.74. The van der Waals surface area contributed by atoms with E-state index in [1.165, 1.54) is 5.69 Å². The van der Waals surface area contributed by atoms with Crippen LogP contribution < -0.4 is 16.0 Å². The van der Waals surface area contributed by atoms with Crippen LogP contribution in [-0.4, -0.2) is 37.9 Å². The fourth-order valence-electron chi connectivity index (χ4n) is 1.86. The third-order valence-corrected chi connectivity index (χ3v) is 3.02. The van der Waals surface area contributed by atoms with Crippen LogP contribution in [0.5, 0.6) is 0 Å². The Hall–Kier alpha value is -1.26. The molecule has 5 heteroatoms. The average Bonchev–Trinajstić information content (AvgIpc) is 2.40. The zero-order chi connectivity index (χ0) is 12.1. The van der Waals surface area contributed by atoms with Crippen molar-refractivity contribution in [3.63, 3.8) is 0 Å². The van der Waals surface area contributed by atoms with Crippen molar-refractivity contribution >= 4 is 28.8 Å². The Balaban J connectivity index is 2.07. The molecule has 0 bridgehead atoms. The number of alkyl halides is 1. The lowest BCUT2D eigenvalue weighted by Crippen LogP contribution is -2.43. The van der Waals surface area contributed by atoms with E-state index in [-0.39, 0.29) is 5.88 Å². The van der Waals surface area contributed by atoms with Crippen LogP contribution >= 0.6 is 11.6 Å². The molecule has 4 nitrogen and oxygen atoms in total. The van der Waals surface area contributed by atoms with Crippen LogP contribution in [0.25, 0.3) is 0 Å². The summed E-state index contributed by atoms with van der Waals surface area (Å²) < 4.78 is 0. The van der Waals surface area contributed by atoms with E-state index in [0.29, 0.717) is 5.84 Å². The van der Waals surface area contributed by atoms with E-state index in [4.69, 9.17) is 17.3 Å². The first-order valence-corrected chi connectivity index (χ1v) is 6.28. The van der Waals surface area contributed by atoms with Crippen LogP contribution in [0.3, 0.4) is 0 Å². The second-order valence-corrected chi connectivity index (χ2v) is 4.26. The normalized spacial score (nSPS) is 17.2. The highest BCUT2D eigenvalue weighted by atomic mass is 35.5. The summed E-state index contributed by atoms with van der Waals surface area (Å²) in [6, 6.07) is 8.09. The number of rotatable bonds is 3. The molecule has 17 heavy (non-hydrogen) atoms. The van der Waals surface area contributed by atoms with Crippen LogP contribution in [0.15, 0.2) is 29.3 Å². The monoisotopic (exact) mass is 252 g/mol. The third kappa shape index (κ3) is 3.35. The molecule has 92 valence electrons. The summed E-state index contributed by atoms with van der Waals surface area (Å²) in [5.41, 5.74) is 7.67. The molecule has 0 atom stereocenters. The Labute approximate surface area is 106 Å². The summed E-state index contributed by atoms with van der Waals surface area (Å²) in [4.78, 5) is 6.55. The second-order valence-electron chi connectivity index (χ2n) is 3.99. The number of benzene rings is 1. The predicted octanol–water partition coefficient (Wildman–Crippen LogP) is 1.32. The number of nitrogens with zero attached hydrogens (tertiary/aromatic N) is 2. The summed E-state index contributed by atoms with van der Waals surface area (Å²) in [5, 5.41) is 3.33. The fourth-order valence-corrected chi connectivity index (χ4v) is 1.92. The van der Waals surface area contributed by atoms with Gasteiger partial charge in [0.1, 0.15) is 5.84 Å². The highest BCUT2D eigenvalue weighted by Gasteiger charge is 2.09. The highest BCUT2D eigenvalue weighted by Crippen LogP contribution is 2.20. The van der Waals surface area contributed by atoms with Gasteiger partial charge < -0.3 is 16.0 Å². The number of anilines is 1. The van der Waals surface area contributed by atoms with Crippen LogP contribution in [0.1, 0.15) is 0 Å². The zero-order valence-electron chi connectivity index (χ0n) is 9.69. The van der Waals surface area contributed by atoms with Crippen LogP contribution in [0.4, 0.5) is 11.4 Å². The number of aliphatic imine (C=N–C) groups is 1. The highest BCUT2D eigenvalue weighted by molar-refractivity contribution is 6.28. The molecule has 0 aliphatic carbocycles. The molecule has 1 aromatic rings. The number of nitrogens with two attached hydrogens (primary N) is 1. The molecule has 1 saturated heterocycles. The van der Waals surface area contributed by atoms with Crippen molar-refractivity contribution in [1.82, 2.24) is 5.32 Å². The Bertz CT molecular complexity index is 382. The SMILES string of the molecule is NC(CCl)=Nc1ccc(N2CCNCC2)cc1. The molecule has 1 fully saturated rings. The van der Waals surface area contributed by atoms with E-state index in [2.05, 4.69) is 27.3 Å². The number of halogens is 1. The molecule has 1 aliphatic rings. The summed E-state index contributed by atoms with van der Waals surface area (Å²) in [6.07, 6.45) is 0. The summed E-state index contributed by atoms with van der Waals surface area (Å²) in [6.45, 7) is 4.18. The van der Waals surface area contributed by atoms with Crippen molar-refractivity contribution in [2.75, 3.05) is 37.0 Å². The molecule has 1 aromatic carbocycles. The summed E-state index contributed by atoms with van der Waals surface area (Å²) >= 11 is 5.58. The van der Waals surface area contributed by atoms with Gasteiger partial charge in [-0.2, -0.15) is 0 Å². The van der Waals surface area contributed by atoms with Gasteiger partial charge in [0.2, 0.25) is 0 Å². The van der Waals surface area contributed by atoms with Crippen molar-refractivity contribution in [3.05, 3.63) is 24.3 Å². The lowest BCUT2D eigenvalue weighted by Gasteiger charge is -2.29. The standard InChI is InChI=1S/C12H17ClN4/c13-9-12(14)16-10-1-3-11(4-2-10)17-7-5-15-6-8-17/h1-4,15H,5-9H2,(H2,14,16). The Morgan fingerprint density at radius 3 is 2.53 bits per heavy atom. The Kier molecular flexibility index (Phi) is 4.23. The average molecular weight is 253 g/mol. The molecule has 0 radical (unpaired) electrons. The number of piperazine rings is 1. The molecule has 2 rings (SSSR count). The van der Waals surface area contributed by atoms with E-state index in [0.717, 1.165) is 31.9 Å². The lowest BCUT2D eigenvalue weighted by molar-refractivity contribution is 0.589. The maximum Gasteiger partial charge on any atom is 0.115 e. The quantitative estimate of drug-likeness (QED) is 0.485. The van der Waals surface area contributed by atoms with Gasteiger partial charge in [0, 0.05) is 31.9 Å². The molecule has 0 aromatic heterocycles. The van der Waals surface area contributed by atoms with Gasteiger partial charge in [-0.25, -0.2) is 4.99 Å². The molecule has 1 heterocycles. The van der Waals surface area contributed by atoms with E-state index in [1.54, 1.807) is 0 Å². The van der Waals surface area contributed by atoms with Crippen LogP contribution in [-0.2, 0) is 0 Å². The van der Waals surface area contributed by atoms with Gasteiger partial charge in [-0.3, -0.25) is 0 Å². The van der Waals surface area contributed by atoms with Crippen molar-refractivity contribution < 1.29 is 0 Å². The first-order chi connectivity index (χ1) is 8.29. The van der Waals surface area contributed by atoms with E-state index in [1.807, 2.05) is 12.1 Å². The molecule has 3 N–H and O–H groups in total. The van der Waals surface area contributed by atoms with Crippen molar-refractivity contribution in [2.45, 2.75) is 0 Å². The topological polar surface area (TPSA) is 53.6 Å². The first-order valence-electron chi connectivity index (χ1n) is 5.74. The minimum absolute atomic E-state index is 0.263. The number of hydrogen-bond acceptors (Lipinski definition) is 3. The van der Waals surface area contributed by atoms with E-state index < -0.39 is 0 Å². The maximum absolute atomic E-state index is 5.59. The van der Waals surface area contributed by atoms with Gasteiger partial charge in [-0.05, 0) is 24.3 Å². The molecule has 0 spiro atoms. The number of nitrogens with one attached hydrogen (secondary N) is 1. The maximum atomic E-state index is 5.59. The smallest absolute Gasteiger partial charge is 0.115 e.